The molecule has 116 valence electrons. The van der Waals surface area contributed by atoms with Crippen LogP contribution in [0.15, 0.2) is 0 Å². The van der Waals surface area contributed by atoms with Crippen LogP contribution in [0.3, 0.4) is 0 Å². The van der Waals surface area contributed by atoms with Gasteiger partial charge in [0, 0.05) is 32.5 Å². The van der Waals surface area contributed by atoms with Gasteiger partial charge in [-0.15, -0.1) is 0 Å². The van der Waals surface area contributed by atoms with Crippen molar-refractivity contribution in [1.82, 2.24) is 15.1 Å². The number of aryl methyl sites for hydroxylation is 2. The van der Waals surface area contributed by atoms with E-state index in [2.05, 4.69) is 38.1 Å². The van der Waals surface area contributed by atoms with Crippen molar-refractivity contribution < 1.29 is 4.74 Å². The highest BCUT2D eigenvalue weighted by Gasteiger charge is 2.20. The molecule has 0 bridgehead atoms. The predicted octanol–water partition coefficient (Wildman–Crippen LogP) is 2.62. The van der Waals surface area contributed by atoms with E-state index in [1.165, 1.54) is 17.7 Å². The van der Waals surface area contributed by atoms with Crippen LogP contribution in [-0.4, -0.2) is 36.1 Å². The normalized spacial score (nSPS) is 14.5. The maximum absolute atomic E-state index is 5.22. The van der Waals surface area contributed by atoms with Crippen molar-refractivity contribution >= 4 is 0 Å². The largest absolute Gasteiger partial charge is 0.385 e. The van der Waals surface area contributed by atoms with Crippen molar-refractivity contribution in [2.45, 2.75) is 53.0 Å². The van der Waals surface area contributed by atoms with Crippen LogP contribution in [-0.2, 0) is 18.2 Å². The van der Waals surface area contributed by atoms with Gasteiger partial charge in [-0.3, -0.25) is 4.68 Å². The molecule has 0 spiro atoms. The molecule has 20 heavy (non-hydrogen) atoms. The summed E-state index contributed by atoms with van der Waals surface area (Å²) in [5.74, 6) is 0.598. The molecule has 1 N–H and O–H groups in total. The van der Waals surface area contributed by atoms with Crippen molar-refractivity contribution in [3.63, 3.8) is 0 Å². The van der Waals surface area contributed by atoms with E-state index in [0.29, 0.717) is 12.0 Å². The maximum atomic E-state index is 5.22. The Morgan fingerprint density at radius 2 is 2.05 bits per heavy atom. The van der Waals surface area contributed by atoms with Crippen molar-refractivity contribution in [1.29, 1.82) is 0 Å². The van der Waals surface area contributed by atoms with Crippen LogP contribution in [0.1, 0.15) is 43.6 Å². The molecule has 1 rings (SSSR count). The Kier molecular flexibility index (Phi) is 7.24. The second kappa shape index (κ2) is 8.42. The summed E-state index contributed by atoms with van der Waals surface area (Å²) in [6.45, 7) is 10.7. The molecule has 0 aliphatic rings. The smallest absolute Gasteiger partial charge is 0.0628 e. The van der Waals surface area contributed by atoms with Gasteiger partial charge in [0.05, 0.1) is 5.69 Å². The maximum Gasteiger partial charge on any atom is 0.0628 e. The van der Waals surface area contributed by atoms with Crippen LogP contribution in [0, 0.1) is 19.8 Å². The van der Waals surface area contributed by atoms with E-state index < -0.39 is 0 Å². The highest BCUT2D eigenvalue weighted by atomic mass is 16.5. The minimum absolute atomic E-state index is 0.492. The summed E-state index contributed by atoms with van der Waals surface area (Å²) in [5, 5.41) is 8.23. The lowest BCUT2D eigenvalue weighted by atomic mass is 9.91. The van der Waals surface area contributed by atoms with Gasteiger partial charge in [0.15, 0.2) is 0 Å². The lowest BCUT2D eigenvalue weighted by Gasteiger charge is -2.25. The minimum atomic E-state index is 0.492. The second-order valence-electron chi connectivity index (χ2n) is 5.80. The van der Waals surface area contributed by atoms with Gasteiger partial charge in [-0.05, 0) is 51.1 Å². The third-order valence-corrected chi connectivity index (χ3v) is 4.20. The summed E-state index contributed by atoms with van der Waals surface area (Å²) in [4.78, 5) is 0. The predicted molar refractivity (Wildman–Crippen MR) is 84.1 cm³/mol. The number of hydrogen-bond acceptors (Lipinski definition) is 3. The third kappa shape index (κ3) is 4.60. The van der Waals surface area contributed by atoms with Crippen LogP contribution >= 0.6 is 0 Å². The molecular formula is C16H31N3O. The van der Waals surface area contributed by atoms with Gasteiger partial charge in [-0.25, -0.2) is 0 Å². The van der Waals surface area contributed by atoms with Crippen LogP contribution in [0.25, 0.3) is 0 Å². The molecule has 0 saturated heterocycles. The summed E-state index contributed by atoms with van der Waals surface area (Å²) in [6, 6.07) is 0.492. The van der Waals surface area contributed by atoms with Gasteiger partial charge in [-0.1, -0.05) is 13.8 Å². The van der Waals surface area contributed by atoms with Gasteiger partial charge in [-0.2, -0.15) is 5.10 Å². The molecule has 0 saturated carbocycles. The fraction of sp³-hybridized carbons (Fsp3) is 0.812. The standard InChI is InChI=1S/C16H31N3O/c1-7-9-17-16(12(2)8-10-20-6)11-15-13(3)18-19(5)14(15)4/h12,16-17H,7-11H2,1-6H3. The van der Waals surface area contributed by atoms with E-state index >= 15 is 0 Å². The molecule has 1 aromatic rings. The Balaban J connectivity index is 2.77. The van der Waals surface area contributed by atoms with Crippen LogP contribution < -0.4 is 5.32 Å². The average molecular weight is 281 g/mol. The molecule has 0 aliphatic heterocycles. The zero-order valence-electron chi connectivity index (χ0n) is 14.0. The molecule has 0 fully saturated rings. The molecule has 0 aliphatic carbocycles. The first-order valence-corrected chi connectivity index (χ1v) is 7.72. The molecular weight excluding hydrogens is 250 g/mol. The van der Waals surface area contributed by atoms with Crippen molar-refractivity contribution in [2.24, 2.45) is 13.0 Å². The number of hydrogen-bond donors (Lipinski definition) is 1. The van der Waals surface area contributed by atoms with Crippen LogP contribution in [0.5, 0.6) is 0 Å². The molecule has 4 heteroatoms. The van der Waals surface area contributed by atoms with Crippen LogP contribution in [0.4, 0.5) is 0 Å². The molecule has 2 atom stereocenters. The summed E-state index contributed by atoms with van der Waals surface area (Å²) in [6.07, 6.45) is 3.31. The number of rotatable bonds is 9. The number of methoxy groups -OCH3 is 1. The molecule has 1 heterocycles. The zero-order chi connectivity index (χ0) is 15.1. The van der Waals surface area contributed by atoms with Crippen LogP contribution in [0.2, 0.25) is 0 Å². The molecule has 1 aromatic heterocycles. The van der Waals surface area contributed by atoms with E-state index in [4.69, 9.17) is 4.74 Å². The Morgan fingerprint density at radius 1 is 1.35 bits per heavy atom. The van der Waals surface area contributed by atoms with Gasteiger partial charge in [0.2, 0.25) is 0 Å². The Hall–Kier alpha value is -0.870. The summed E-state index contributed by atoms with van der Waals surface area (Å²) < 4.78 is 7.21. The minimum Gasteiger partial charge on any atom is -0.385 e. The number of nitrogens with zero attached hydrogens (tertiary/aromatic N) is 2. The first-order valence-electron chi connectivity index (χ1n) is 7.72. The molecule has 0 amide bonds. The summed E-state index contributed by atoms with van der Waals surface area (Å²) >= 11 is 0. The first kappa shape index (κ1) is 17.2. The fourth-order valence-electron chi connectivity index (χ4n) is 2.64. The number of ether oxygens (including phenoxy) is 1. The van der Waals surface area contributed by atoms with E-state index in [-0.39, 0.29) is 0 Å². The SMILES string of the molecule is CCCNC(Cc1c(C)nn(C)c1C)C(C)CCOC. The average Bonchev–Trinajstić information content (AvgIpc) is 2.66. The van der Waals surface area contributed by atoms with Gasteiger partial charge in [0.25, 0.3) is 0 Å². The molecule has 0 aromatic carbocycles. The van der Waals surface area contributed by atoms with E-state index in [0.717, 1.165) is 31.7 Å². The third-order valence-electron chi connectivity index (χ3n) is 4.20. The summed E-state index contributed by atoms with van der Waals surface area (Å²) in [7, 11) is 3.80. The lowest BCUT2D eigenvalue weighted by Crippen LogP contribution is -2.38. The molecule has 4 nitrogen and oxygen atoms in total. The fourth-order valence-corrected chi connectivity index (χ4v) is 2.64. The lowest BCUT2D eigenvalue weighted by molar-refractivity contribution is 0.170. The summed E-state index contributed by atoms with van der Waals surface area (Å²) in [5.41, 5.74) is 3.84. The van der Waals surface area contributed by atoms with Gasteiger partial charge >= 0.3 is 0 Å². The number of aromatic nitrogens is 2. The van der Waals surface area contributed by atoms with Crippen molar-refractivity contribution in [2.75, 3.05) is 20.3 Å². The highest BCUT2D eigenvalue weighted by Crippen LogP contribution is 2.19. The van der Waals surface area contributed by atoms with E-state index in [9.17, 15) is 0 Å². The quantitative estimate of drug-likeness (QED) is 0.756. The Labute approximate surface area is 123 Å². The molecule has 2 unspecified atom stereocenters. The monoisotopic (exact) mass is 281 g/mol. The second-order valence-corrected chi connectivity index (χ2v) is 5.80. The Bertz CT molecular complexity index is 401. The Morgan fingerprint density at radius 3 is 2.55 bits per heavy atom. The van der Waals surface area contributed by atoms with Crippen molar-refractivity contribution in [3.05, 3.63) is 17.0 Å². The van der Waals surface area contributed by atoms with Gasteiger partial charge < -0.3 is 10.1 Å². The van der Waals surface area contributed by atoms with E-state index in [1.54, 1.807) is 7.11 Å². The topological polar surface area (TPSA) is 39.1 Å². The first-order chi connectivity index (χ1) is 9.51. The van der Waals surface area contributed by atoms with Gasteiger partial charge in [0.1, 0.15) is 0 Å². The number of nitrogens with one attached hydrogen (secondary N) is 1. The zero-order valence-corrected chi connectivity index (χ0v) is 14.0. The van der Waals surface area contributed by atoms with E-state index in [1.807, 2.05) is 11.7 Å². The molecule has 0 radical (unpaired) electrons. The van der Waals surface area contributed by atoms with Crippen molar-refractivity contribution in [3.8, 4) is 0 Å². The highest BCUT2D eigenvalue weighted by molar-refractivity contribution is 5.25.